The molecule has 5 rings (SSSR count). The average molecular weight is 377 g/mol. The van der Waals surface area contributed by atoms with Crippen LogP contribution in [-0.2, 0) is 18.9 Å². The van der Waals surface area contributed by atoms with Crippen LogP contribution in [0.4, 0.5) is 0 Å². The van der Waals surface area contributed by atoms with Gasteiger partial charge >= 0.3 is 0 Å². The number of hydrogen-bond acceptors (Lipinski definition) is 1. The molecule has 0 fully saturated rings. The van der Waals surface area contributed by atoms with E-state index in [4.69, 9.17) is 4.98 Å². The summed E-state index contributed by atoms with van der Waals surface area (Å²) in [6.45, 7) is 0. The lowest BCUT2D eigenvalue weighted by Crippen LogP contribution is -2.37. The van der Waals surface area contributed by atoms with Gasteiger partial charge < -0.3 is 4.57 Å². The third kappa shape index (κ3) is 2.92. The fraction of sp³-hybridized carbons (Fsp3) is 0.148. The molecule has 1 aliphatic rings. The maximum Gasteiger partial charge on any atom is 0.109 e. The highest BCUT2D eigenvalue weighted by molar-refractivity contribution is 5.66. The van der Waals surface area contributed by atoms with Gasteiger partial charge in [0.05, 0.1) is 0 Å². The smallest absolute Gasteiger partial charge is 0.109 e. The van der Waals surface area contributed by atoms with Crippen molar-refractivity contribution in [3.05, 3.63) is 131 Å². The minimum absolute atomic E-state index is 0.236. The summed E-state index contributed by atoms with van der Waals surface area (Å²) >= 11 is 0. The van der Waals surface area contributed by atoms with Crippen molar-refractivity contribution in [2.24, 2.45) is 7.05 Å². The van der Waals surface area contributed by atoms with Gasteiger partial charge in [0.15, 0.2) is 0 Å². The Balaban J connectivity index is 1.80. The minimum Gasteiger partial charge on any atom is -0.338 e. The lowest BCUT2D eigenvalue weighted by molar-refractivity contribution is 0.445. The maximum atomic E-state index is 4.72. The first-order chi connectivity index (χ1) is 14.3. The lowest BCUT2D eigenvalue weighted by atomic mass is 9.62. The third-order valence-corrected chi connectivity index (χ3v) is 6.27. The van der Waals surface area contributed by atoms with E-state index in [-0.39, 0.29) is 11.3 Å². The van der Waals surface area contributed by atoms with Crippen molar-refractivity contribution < 1.29 is 0 Å². The summed E-state index contributed by atoms with van der Waals surface area (Å²) in [5.41, 5.74) is 5.09. The van der Waals surface area contributed by atoms with Gasteiger partial charge in [-0.2, -0.15) is 0 Å². The fourth-order valence-corrected chi connectivity index (χ4v) is 4.81. The number of aromatic nitrogens is 2. The Hall–Kier alpha value is -3.39. The number of benzene rings is 3. The topological polar surface area (TPSA) is 17.8 Å². The predicted octanol–water partition coefficient (Wildman–Crippen LogP) is 5.76. The SMILES string of the molecule is Cn1ccnc1CC(c1ccccc1)(c1ccccc1)C1C=Cc2ccccc21. The average Bonchev–Trinajstić information content (AvgIpc) is 3.39. The number of aryl methyl sites for hydroxylation is 1. The number of fused-ring (bicyclic) bond motifs is 1. The highest BCUT2D eigenvalue weighted by Crippen LogP contribution is 2.50. The number of rotatable bonds is 5. The van der Waals surface area contributed by atoms with Crippen LogP contribution in [0, 0.1) is 0 Å². The normalized spacial score (nSPS) is 15.4. The van der Waals surface area contributed by atoms with E-state index in [0.717, 1.165) is 12.2 Å². The monoisotopic (exact) mass is 376 g/mol. The second-order valence-electron chi connectivity index (χ2n) is 7.80. The molecule has 2 heteroatoms. The summed E-state index contributed by atoms with van der Waals surface area (Å²) in [6, 6.07) is 30.6. The zero-order valence-corrected chi connectivity index (χ0v) is 16.6. The number of imidazole rings is 1. The molecular weight excluding hydrogens is 352 g/mol. The highest BCUT2D eigenvalue weighted by atomic mass is 15.0. The maximum absolute atomic E-state index is 4.72. The molecule has 1 aromatic heterocycles. The van der Waals surface area contributed by atoms with Crippen molar-refractivity contribution in [2.75, 3.05) is 0 Å². The molecule has 0 saturated heterocycles. The Kier molecular flexibility index (Phi) is 4.40. The van der Waals surface area contributed by atoms with Crippen LogP contribution in [0.1, 0.15) is 34.0 Å². The molecule has 0 spiro atoms. The summed E-state index contributed by atoms with van der Waals surface area (Å²) < 4.78 is 2.14. The van der Waals surface area contributed by atoms with Crippen molar-refractivity contribution in [3.8, 4) is 0 Å². The summed E-state index contributed by atoms with van der Waals surface area (Å²) in [5.74, 6) is 1.33. The van der Waals surface area contributed by atoms with Crippen molar-refractivity contribution >= 4 is 6.08 Å². The van der Waals surface area contributed by atoms with Crippen LogP contribution >= 0.6 is 0 Å². The van der Waals surface area contributed by atoms with E-state index >= 15 is 0 Å². The van der Waals surface area contributed by atoms with E-state index in [1.807, 2.05) is 12.4 Å². The zero-order valence-electron chi connectivity index (χ0n) is 16.6. The first kappa shape index (κ1) is 17.7. The largest absolute Gasteiger partial charge is 0.338 e. The summed E-state index contributed by atoms with van der Waals surface area (Å²) in [7, 11) is 2.08. The molecule has 4 aromatic rings. The molecule has 0 N–H and O–H groups in total. The van der Waals surface area contributed by atoms with Crippen molar-refractivity contribution in [2.45, 2.75) is 17.8 Å². The van der Waals surface area contributed by atoms with Gasteiger partial charge in [-0.25, -0.2) is 4.98 Å². The highest BCUT2D eigenvalue weighted by Gasteiger charge is 2.44. The van der Waals surface area contributed by atoms with Crippen molar-refractivity contribution in [1.82, 2.24) is 9.55 Å². The first-order valence-corrected chi connectivity index (χ1v) is 10.1. The van der Waals surface area contributed by atoms with E-state index in [1.165, 1.54) is 22.3 Å². The Morgan fingerprint density at radius 2 is 1.45 bits per heavy atom. The molecule has 2 nitrogen and oxygen atoms in total. The van der Waals surface area contributed by atoms with Crippen LogP contribution in [0.25, 0.3) is 6.08 Å². The number of hydrogen-bond donors (Lipinski definition) is 0. The predicted molar refractivity (Wildman–Crippen MR) is 119 cm³/mol. The number of nitrogens with zero attached hydrogens (tertiary/aromatic N) is 2. The molecule has 0 radical (unpaired) electrons. The van der Waals surface area contributed by atoms with Crippen LogP contribution in [0.3, 0.4) is 0 Å². The van der Waals surface area contributed by atoms with E-state index in [2.05, 4.69) is 109 Å². The third-order valence-electron chi connectivity index (χ3n) is 6.27. The van der Waals surface area contributed by atoms with E-state index < -0.39 is 0 Å². The van der Waals surface area contributed by atoms with Crippen molar-refractivity contribution in [3.63, 3.8) is 0 Å². The Labute approximate surface area is 172 Å². The summed E-state index contributed by atoms with van der Waals surface area (Å²) in [6.07, 6.45) is 9.42. The van der Waals surface area contributed by atoms with Gasteiger partial charge in [0, 0.05) is 37.2 Å². The summed E-state index contributed by atoms with van der Waals surface area (Å²) in [5, 5.41) is 0. The molecule has 142 valence electrons. The molecule has 1 unspecified atom stereocenters. The van der Waals surface area contributed by atoms with Gasteiger partial charge in [-0.15, -0.1) is 0 Å². The lowest BCUT2D eigenvalue weighted by Gasteiger charge is -2.40. The first-order valence-electron chi connectivity index (χ1n) is 10.1. The number of allylic oxidation sites excluding steroid dienone is 1. The van der Waals surface area contributed by atoms with Gasteiger partial charge in [0.2, 0.25) is 0 Å². The van der Waals surface area contributed by atoms with Gasteiger partial charge in [-0.1, -0.05) is 97.1 Å². The molecular formula is C27H24N2. The Bertz CT molecular complexity index is 1100. The van der Waals surface area contributed by atoms with Gasteiger partial charge in [-0.05, 0) is 22.3 Å². The van der Waals surface area contributed by atoms with Crippen LogP contribution in [-0.4, -0.2) is 9.55 Å². The van der Waals surface area contributed by atoms with Crippen LogP contribution in [0.15, 0.2) is 103 Å². The molecule has 0 bridgehead atoms. The molecule has 1 heterocycles. The molecule has 3 aromatic carbocycles. The molecule has 0 aliphatic heterocycles. The molecule has 1 aliphatic carbocycles. The fourth-order valence-electron chi connectivity index (χ4n) is 4.81. The summed E-state index contributed by atoms with van der Waals surface area (Å²) in [4.78, 5) is 4.72. The van der Waals surface area contributed by atoms with Gasteiger partial charge in [0.1, 0.15) is 5.82 Å². The Morgan fingerprint density at radius 1 is 0.828 bits per heavy atom. The zero-order chi connectivity index (χ0) is 19.7. The molecule has 0 amide bonds. The van der Waals surface area contributed by atoms with E-state index in [1.54, 1.807) is 0 Å². The van der Waals surface area contributed by atoms with Crippen molar-refractivity contribution in [1.29, 1.82) is 0 Å². The van der Waals surface area contributed by atoms with E-state index in [0.29, 0.717) is 0 Å². The van der Waals surface area contributed by atoms with Crippen LogP contribution in [0.2, 0.25) is 0 Å². The van der Waals surface area contributed by atoms with Gasteiger partial charge in [-0.3, -0.25) is 0 Å². The molecule has 29 heavy (non-hydrogen) atoms. The van der Waals surface area contributed by atoms with Gasteiger partial charge in [0.25, 0.3) is 0 Å². The molecule has 0 saturated carbocycles. The standard InChI is InChI=1S/C27H24N2/c1-29-19-18-28-26(29)20-27(22-11-4-2-5-12-22,23-13-6-3-7-14-23)25-17-16-21-10-8-9-15-24(21)25/h2-19,25H,20H2,1H3. The molecule has 1 atom stereocenters. The second kappa shape index (κ2) is 7.21. The minimum atomic E-state index is -0.245. The quantitative estimate of drug-likeness (QED) is 0.433. The Morgan fingerprint density at radius 3 is 2.07 bits per heavy atom. The van der Waals surface area contributed by atoms with Crippen LogP contribution in [0.5, 0.6) is 0 Å². The van der Waals surface area contributed by atoms with E-state index in [9.17, 15) is 0 Å². The van der Waals surface area contributed by atoms with Crippen LogP contribution < -0.4 is 0 Å². The second-order valence-corrected chi connectivity index (χ2v) is 7.80.